The van der Waals surface area contributed by atoms with Crippen molar-refractivity contribution in [3.63, 3.8) is 0 Å². The molecule has 0 spiro atoms. The van der Waals surface area contributed by atoms with E-state index in [1.165, 1.54) is 35.1 Å². The summed E-state index contributed by atoms with van der Waals surface area (Å²) in [5.41, 5.74) is 7.47. The van der Waals surface area contributed by atoms with Crippen molar-refractivity contribution in [3.8, 4) is 0 Å². The summed E-state index contributed by atoms with van der Waals surface area (Å²) in [6, 6.07) is 25.5. The van der Waals surface area contributed by atoms with Crippen LogP contribution in [0.4, 0.5) is 0 Å². The quantitative estimate of drug-likeness (QED) is 0.414. The maximum atomic E-state index is 10.4. The van der Waals surface area contributed by atoms with Crippen LogP contribution in [-0.4, -0.2) is 20.8 Å². The second kappa shape index (κ2) is 8.44. The Morgan fingerprint density at radius 1 is 0.844 bits per heavy atom. The fourth-order valence-electron chi connectivity index (χ4n) is 4.91. The molecular weight excluding hydrogens is 394 g/mol. The number of para-hydroxylation sites is 2. The third-order valence-electron chi connectivity index (χ3n) is 6.79. The van der Waals surface area contributed by atoms with Crippen molar-refractivity contribution in [1.82, 2.24) is 9.13 Å². The van der Waals surface area contributed by atoms with Gasteiger partial charge in [-0.3, -0.25) is 5.41 Å². The van der Waals surface area contributed by atoms with Gasteiger partial charge in [0.15, 0.2) is 0 Å². The molecule has 4 aromatic rings. The van der Waals surface area contributed by atoms with E-state index in [2.05, 4.69) is 85.1 Å². The smallest absolute Gasteiger partial charge is 0.203 e. The SMILES string of the molecule is Cc1ccc(CC(CO)n2c(=N)n(C(c3ccc(C)cc3)C3CC3)c3ccccc32)cc1. The van der Waals surface area contributed by atoms with Crippen molar-refractivity contribution in [2.75, 3.05) is 6.61 Å². The van der Waals surface area contributed by atoms with Gasteiger partial charge in [0, 0.05) is 0 Å². The minimum atomic E-state index is -0.186. The first-order valence-electron chi connectivity index (χ1n) is 11.6. The molecule has 3 aromatic carbocycles. The molecule has 32 heavy (non-hydrogen) atoms. The minimum absolute atomic E-state index is 0.00292. The molecule has 2 atom stereocenters. The van der Waals surface area contributed by atoms with E-state index >= 15 is 0 Å². The number of aliphatic hydroxyl groups is 1. The van der Waals surface area contributed by atoms with Crippen LogP contribution in [0.3, 0.4) is 0 Å². The van der Waals surface area contributed by atoms with Crippen molar-refractivity contribution in [1.29, 1.82) is 5.41 Å². The molecule has 164 valence electrons. The number of benzene rings is 3. The monoisotopic (exact) mass is 425 g/mol. The summed E-state index contributed by atoms with van der Waals surface area (Å²) < 4.78 is 4.24. The first-order chi connectivity index (χ1) is 15.6. The Hall–Kier alpha value is -3.11. The molecule has 1 heterocycles. The molecule has 0 radical (unpaired) electrons. The van der Waals surface area contributed by atoms with Gasteiger partial charge in [-0.05, 0) is 62.3 Å². The van der Waals surface area contributed by atoms with Crippen molar-refractivity contribution >= 4 is 11.0 Å². The van der Waals surface area contributed by atoms with Gasteiger partial charge in [-0.2, -0.15) is 0 Å². The van der Waals surface area contributed by atoms with Crippen molar-refractivity contribution in [3.05, 3.63) is 101 Å². The maximum absolute atomic E-state index is 10.4. The average molecular weight is 426 g/mol. The molecule has 1 aliphatic carbocycles. The Labute approximate surface area is 189 Å². The van der Waals surface area contributed by atoms with Crippen LogP contribution in [0.5, 0.6) is 0 Å². The van der Waals surface area contributed by atoms with Gasteiger partial charge in [-0.25, -0.2) is 0 Å². The lowest BCUT2D eigenvalue weighted by Crippen LogP contribution is -2.33. The highest BCUT2D eigenvalue weighted by molar-refractivity contribution is 5.76. The maximum Gasteiger partial charge on any atom is 0.203 e. The van der Waals surface area contributed by atoms with Gasteiger partial charge in [-0.1, -0.05) is 71.8 Å². The van der Waals surface area contributed by atoms with Gasteiger partial charge in [0.05, 0.1) is 29.7 Å². The molecule has 1 saturated carbocycles. The summed E-state index contributed by atoms with van der Waals surface area (Å²) >= 11 is 0. The molecule has 1 aromatic heterocycles. The number of hydrogen-bond donors (Lipinski definition) is 2. The predicted octanol–water partition coefficient (Wildman–Crippen LogP) is 5.31. The molecule has 0 saturated heterocycles. The number of imidazole rings is 1. The highest BCUT2D eigenvalue weighted by Gasteiger charge is 2.36. The number of hydrogen-bond acceptors (Lipinski definition) is 2. The number of nitrogens with zero attached hydrogens (tertiary/aromatic N) is 2. The van der Waals surface area contributed by atoms with Gasteiger partial charge < -0.3 is 14.2 Å². The Morgan fingerprint density at radius 3 is 1.97 bits per heavy atom. The first-order valence-corrected chi connectivity index (χ1v) is 11.6. The third-order valence-corrected chi connectivity index (χ3v) is 6.79. The molecule has 1 fully saturated rings. The van der Waals surface area contributed by atoms with Gasteiger partial charge in [-0.15, -0.1) is 0 Å². The van der Waals surface area contributed by atoms with E-state index in [4.69, 9.17) is 0 Å². The van der Waals surface area contributed by atoms with Gasteiger partial charge in [0.1, 0.15) is 0 Å². The van der Waals surface area contributed by atoms with Gasteiger partial charge in [0.2, 0.25) is 5.62 Å². The Bertz CT molecular complexity index is 1280. The Morgan fingerprint density at radius 2 is 1.41 bits per heavy atom. The predicted molar refractivity (Wildman–Crippen MR) is 129 cm³/mol. The van der Waals surface area contributed by atoms with Gasteiger partial charge >= 0.3 is 0 Å². The van der Waals surface area contributed by atoms with E-state index in [1.807, 2.05) is 10.6 Å². The third kappa shape index (κ3) is 3.80. The molecule has 5 rings (SSSR count). The van der Waals surface area contributed by atoms with E-state index in [1.54, 1.807) is 0 Å². The zero-order valence-electron chi connectivity index (χ0n) is 18.8. The van der Waals surface area contributed by atoms with Crippen LogP contribution in [0.2, 0.25) is 0 Å². The van der Waals surface area contributed by atoms with E-state index in [0.29, 0.717) is 18.0 Å². The standard InChI is InChI=1S/C28H31N3O/c1-19-7-11-21(12-8-19)17-24(18-32)30-25-5-3-4-6-26(25)31(28(30)29)27(23-15-16-23)22-13-9-20(2)10-14-22/h3-14,23-24,27,29,32H,15-18H2,1-2H3. The summed E-state index contributed by atoms with van der Waals surface area (Å²) in [7, 11) is 0. The van der Waals surface area contributed by atoms with E-state index in [9.17, 15) is 10.5 Å². The second-order valence-electron chi connectivity index (χ2n) is 9.27. The van der Waals surface area contributed by atoms with Crippen LogP contribution in [-0.2, 0) is 6.42 Å². The van der Waals surface area contributed by atoms with Crippen LogP contribution in [0.25, 0.3) is 11.0 Å². The number of aliphatic hydroxyl groups excluding tert-OH is 1. The Balaban J connectivity index is 1.65. The molecular formula is C28H31N3O. The summed E-state index contributed by atoms with van der Waals surface area (Å²) in [6.45, 7) is 4.19. The number of aryl methyl sites for hydroxylation is 2. The fourth-order valence-corrected chi connectivity index (χ4v) is 4.91. The van der Waals surface area contributed by atoms with Crippen LogP contribution in [0.15, 0.2) is 72.8 Å². The highest BCUT2D eigenvalue weighted by Crippen LogP contribution is 2.44. The van der Waals surface area contributed by atoms with Crippen LogP contribution >= 0.6 is 0 Å². The molecule has 0 aliphatic heterocycles. The fraction of sp³-hybridized carbons (Fsp3) is 0.321. The largest absolute Gasteiger partial charge is 0.394 e. The van der Waals surface area contributed by atoms with Crippen molar-refractivity contribution in [2.24, 2.45) is 5.92 Å². The van der Waals surface area contributed by atoms with Crippen LogP contribution in [0.1, 0.15) is 47.2 Å². The normalized spacial score (nSPS) is 15.7. The summed E-state index contributed by atoms with van der Waals surface area (Å²) in [6.07, 6.45) is 3.08. The number of rotatable bonds is 7. The van der Waals surface area contributed by atoms with E-state index < -0.39 is 0 Å². The zero-order valence-corrected chi connectivity index (χ0v) is 18.8. The highest BCUT2D eigenvalue weighted by atomic mass is 16.3. The molecule has 4 nitrogen and oxygen atoms in total. The number of nitrogens with one attached hydrogen (secondary N) is 1. The summed E-state index contributed by atoms with van der Waals surface area (Å²) in [4.78, 5) is 0. The van der Waals surface area contributed by atoms with Gasteiger partial charge in [0.25, 0.3) is 0 Å². The molecule has 2 N–H and O–H groups in total. The molecule has 2 unspecified atom stereocenters. The van der Waals surface area contributed by atoms with Crippen molar-refractivity contribution < 1.29 is 5.11 Å². The molecule has 0 amide bonds. The van der Waals surface area contributed by atoms with E-state index in [-0.39, 0.29) is 18.7 Å². The van der Waals surface area contributed by atoms with Crippen molar-refractivity contribution in [2.45, 2.75) is 45.2 Å². The zero-order chi connectivity index (χ0) is 22.2. The molecule has 4 heteroatoms. The van der Waals surface area contributed by atoms with E-state index in [0.717, 1.165) is 11.0 Å². The number of aromatic nitrogens is 2. The minimum Gasteiger partial charge on any atom is -0.394 e. The summed E-state index contributed by atoms with van der Waals surface area (Å²) in [5, 5.41) is 19.6. The lowest BCUT2D eigenvalue weighted by molar-refractivity contribution is 0.224. The lowest BCUT2D eigenvalue weighted by atomic mass is 10.0. The van der Waals surface area contributed by atoms with Crippen LogP contribution < -0.4 is 5.62 Å². The molecule has 1 aliphatic rings. The van der Waals surface area contributed by atoms with Crippen LogP contribution in [0, 0.1) is 25.2 Å². The first kappa shape index (κ1) is 20.8. The summed E-state index contributed by atoms with van der Waals surface area (Å²) in [5.74, 6) is 0.552. The second-order valence-corrected chi connectivity index (χ2v) is 9.27. The Kier molecular flexibility index (Phi) is 5.48. The lowest BCUT2D eigenvalue weighted by Gasteiger charge is -2.21. The average Bonchev–Trinajstić information content (AvgIpc) is 3.60. The molecule has 0 bridgehead atoms. The topological polar surface area (TPSA) is 53.9 Å². The number of fused-ring (bicyclic) bond motifs is 1.